The van der Waals surface area contributed by atoms with Crippen LogP contribution in [0, 0.1) is 11.8 Å². The van der Waals surface area contributed by atoms with Gasteiger partial charge in [0.15, 0.2) is 0 Å². The van der Waals surface area contributed by atoms with Gasteiger partial charge >= 0.3 is 0 Å². The molecule has 18 heavy (non-hydrogen) atoms. The zero-order valence-corrected chi connectivity index (χ0v) is 12.0. The maximum absolute atomic E-state index is 12.5. The van der Waals surface area contributed by atoms with Crippen molar-refractivity contribution in [1.29, 1.82) is 0 Å². The highest BCUT2D eigenvalue weighted by atomic mass is 32.2. The van der Waals surface area contributed by atoms with Crippen molar-refractivity contribution in [2.75, 3.05) is 32.7 Å². The Kier molecular flexibility index (Phi) is 4.64. The van der Waals surface area contributed by atoms with E-state index in [9.17, 15) is 8.42 Å². The van der Waals surface area contributed by atoms with E-state index in [1.165, 1.54) is 0 Å². The molecule has 2 fully saturated rings. The van der Waals surface area contributed by atoms with Crippen molar-refractivity contribution >= 4 is 10.2 Å². The van der Waals surface area contributed by atoms with Gasteiger partial charge in [-0.1, -0.05) is 13.3 Å². The van der Waals surface area contributed by atoms with E-state index in [0.717, 1.165) is 25.7 Å². The second-order valence-corrected chi connectivity index (χ2v) is 7.52. The van der Waals surface area contributed by atoms with Crippen molar-refractivity contribution in [2.45, 2.75) is 32.6 Å². The van der Waals surface area contributed by atoms with Crippen LogP contribution < -0.4 is 5.73 Å². The summed E-state index contributed by atoms with van der Waals surface area (Å²) in [5.74, 6) is 0.834. The molecule has 0 saturated carbocycles. The Hall–Kier alpha value is -0.170. The van der Waals surface area contributed by atoms with Crippen molar-refractivity contribution in [3.05, 3.63) is 0 Å². The van der Waals surface area contributed by atoms with Crippen LogP contribution >= 0.6 is 0 Å². The molecule has 0 aliphatic carbocycles. The van der Waals surface area contributed by atoms with Gasteiger partial charge < -0.3 is 5.73 Å². The average Bonchev–Trinajstić information content (AvgIpc) is 2.40. The third-order valence-corrected chi connectivity index (χ3v) is 6.35. The van der Waals surface area contributed by atoms with Crippen molar-refractivity contribution < 1.29 is 8.42 Å². The fourth-order valence-corrected chi connectivity index (χ4v) is 4.65. The van der Waals surface area contributed by atoms with Gasteiger partial charge in [0.25, 0.3) is 10.2 Å². The van der Waals surface area contributed by atoms with Crippen LogP contribution in [0.1, 0.15) is 32.6 Å². The molecule has 2 saturated heterocycles. The van der Waals surface area contributed by atoms with Crippen LogP contribution in [0.4, 0.5) is 0 Å². The highest BCUT2D eigenvalue weighted by Gasteiger charge is 2.35. The van der Waals surface area contributed by atoms with Gasteiger partial charge in [-0.3, -0.25) is 0 Å². The van der Waals surface area contributed by atoms with Crippen LogP contribution in [-0.2, 0) is 10.2 Å². The molecule has 0 amide bonds. The molecule has 6 heteroatoms. The summed E-state index contributed by atoms with van der Waals surface area (Å²) in [4.78, 5) is 0. The van der Waals surface area contributed by atoms with Gasteiger partial charge in [0.2, 0.25) is 0 Å². The summed E-state index contributed by atoms with van der Waals surface area (Å²) in [6.07, 6.45) is 4.05. The molecule has 2 rings (SSSR count). The molecule has 0 bridgehead atoms. The Labute approximate surface area is 110 Å². The number of nitrogens with two attached hydrogens (primary N) is 1. The van der Waals surface area contributed by atoms with E-state index >= 15 is 0 Å². The number of nitrogens with zero attached hydrogens (tertiary/aromatic N) is 2. The minimum Gasteiger partial charge on any atom is -0.330 e. The molecule has 0 aromatic heterocycles. The topological polar surface area (TPSA) is 66.6 Å². The zero-order chi connectivity index (χ0) is 13.2. The second kappa shape index (κ2) is 5.86. The molecule has 2 N–H and O–H groups in total. The Morgan fingerprint density at radius 2 is 1.78 bits per heavy atom. The molecule has 5 nitrogen and oxygen atoms in total. The van der Waals surface area contributed by atoms with E-state index in [1.807, 2.05) is 0 Å². The molecular formula is C12H25N3O2S. The van der Waals surface area contributed by atoms with Gasteiger partial charge in [-0.15, -0.1) is 0 Å². The van der Waals surface area contributed by atoms with E-state index < -0.39 is 10.2 Å². The first-order chi connectivity index (χ1) is 8.55. The molecular weight excluding hydrogens is 250 g/mol. The number of rotatable bonds is 3. The summed E-state index contributed by atoms with van der Waals surface area (Å²) < 4.78 is 28.3. The largest absolute Gasteiger partial charge is 0.330 e. The zero-order valence-electron chi connectivity index (χ0n) is 11.2. The summed E-state index contributed by atoms with van der Waals surface area (Å²) in [7, 11) is -3.24. The van der Waals surface area contributed by atoms with Crippen molar-refractivity contribution in [1.82, 2.24) is 8.61 Å². The minimum absolute atomic E-state index is 0.304. The Morgan fingerprint density at radius 1 is 1.11 bits per heavy atom. The smallest absolute Gasteiger partial charge is 0.281 e. The highest BCUT2D eigenvalue weighted by molar-refractivity contribution is 7.86. The van der Waals surface area contributed by atoms with Crippen LogP contribution in [0.3, 0.4) is 0 Å². The quantitative estimate of drug-likeness (QED) is 0.821. The van der Waals surface area contributed by atoms with Crippen LogP contribution in [-0.4, -0.2) is 49.8 Å². The third kappa shape index (κ3) is 2.87. The van der Waals surface area contributed by atoms with Gasteiger partial charge in [0.1, 0.15) is 0 Å². The van der Waals surface area contributed by atoms with Gasteiger partial charge in [-0.05, 0) is 37.6 Å². The fraction of sp³-hybridized carbons (Fsp3) is 1.00. The van der Waals surface area contributed by atoms with Gasteiger partial charge in [-0.25, -0.2) is 0 Å². The number of piperidine rings is 2. The van der Waals surface area contributed by atoms with E-state index in [4.69, 9.17) is 5.73 Å². The van der Waals surface area contributed by atoms with E-state index in [1.54, 1.807) is 8.61 Å². The van der Waals surface area contributed by atoms with Gasteiger partial charge in [0, 0.05) is 26.2 Å². The van der Waals surface area contributed by atoms with E-state index in [-0.39, 0.29) is 0 Å². The molecule has 2 aliphatic heterocycles. The molecule has 0 aromatic carbocycles. The van der Waals surface area contributed by atoms with Crippen LogP contribution in [0.15, 0.2) is 0 Å². The standard InChI is InChI=1S/C12H25N3O2S/c1-11-5-8-15(10-12(11)9-13)18(16,17)14-6-3-2-4-7-14/h11-12H,2-10,13H2,1H3. The predicted molar refractivity (Wildman–Crippen MR) is 72.2 cm³/mol. The number of hydrogen-bond acceptors (Lipinski definition) is 3. The molecule has 0 radical (unpaired) electrons. The van der Waals surface area contributed by atoms with Crippen molar-refractivity contribution in [3.8, 4) is 0 Å². The first-order valence-corrected chi connectivity index (χ1v) is 8.40. The lowest BCUT2D eigenvalue weighted by Gasteiger charge is -2.39. The summed E-state index contributed by atoms with van der Waals surface area (Å²) in [6.45, 7) is 5.35. The normalized spacial score (nSPS) is 32.6. The lowest BCUT2D eigenvalue weighted by atomic mass is 9.88. The predicted octanol–water partition coefficient (Wildman–Crippen LogP) is 0.634. The molecule has 0 aromatic rings. The van der Waals surface area contributed by atoms with E-state index in [0.29, 0.717) is 44.6 Å². The minimum atomic E-state index is -3.24. The summed E-state index contributed by atoms with van der Waals surface area (Å²) in [6, 6.07) is 0. The Balaban J connectivity index is 2.05. The van der Waals surface area contributed by atoms with Crippen LogP contribution in [0.5, 0.6) is 0 Å². The highest BCUT2D eigenvalue weighted by Crippen LogP contribution is 2.26. The monoisotopic (exact) mass is 275 g/mol. The molecule has 2 atom stereocenters. The summed E-state index contributed by atoms with van der Waals surface area (Å²) in [5, 5.41) is 0. The van der Waals surface area contributed by atoms with Gasteiger partial charge in [-0.2, -0.15) is 17.0 Å². The van der Waals surface area contributed by atoms with Crippen LogP contribution in [0.2, 0.25) is 0 Å². The molecule has 2 unspecified atom stereocenters. The molecule has 0 spiro atoms. The van der Waals surface area contributed by atoms with Crippen molar-refractivity contribution in [2.24, 2.45) is 17.6 Å². The molecule has 2 aliphatic rings. The molecule has 106 valence electrons. The maximum atomic E-state index is 12.5. The fourth-order valence-electron chi connectivity index (χ4n) is 2.89. The van der Waals surface area contributed by atoms with Crippen molar-refractivity contribution in [3.63, 3.8) is 0 Å². The lowest BCUT2D eigenvalue weighted by molar-refractivity contribution is 0.189. The number of hydrogen-bond donors (Lipinski definition) is 1. The lowest BCUT2D eigenvalue weighted by Crippen LogP contribution is -2.51. The first kappa shape index (κ1) is 14.2. The summed E-state index contributed by atoms with van der Waals surface area (Å²) in [5.41, 5.74) is 5.74. The Morgan fingerprint density at radius 3 is 2.39 bits per heavy atom. The SMILES string of the molecule is CC1CCN(S(=O)(=O)N2CCCCC2)CC1CN. The second-order valence-electron chi connectivity index (χ2n) is 5.59. The van der Waals surface area contributed by atoms with Crippen LogP contribution in [0.25, 0.3) is 0 Å². The molecule has 2 heterocycles. The van der Waals surface area contributed by atoms with E-state index in [2.05, 4.69) is 6.92 Å². The maximum Gasteiger partial charge on any atom is 0.281 e. The summed E-state index contributed by atoms with van der Waals surface area (Å²) >= 11 is 0. The first-order valence-electron chi connectivity index (χ1n) is 7.01. The Bertz CT molecular complexity index is 366. The van der Waals surface area contributed by atoms with Gasteiger partial charge in [0.05, 0.1) is 0 Å². The third-order valence-electron chi connectivity index (χ3n) is 4.35. The average molecular weight is 275 g/mol.